The first-order valence-corrected chi connectivity index (χ1v) is 7.13. The fourth-order valence-electron chi connectivity index (χ4n) is 0.929. The molecule has 0 aromatic heterocycles. The number of rotatable bonds is 2. The average molecular weight is 439 g/mol. The monoisotopic (exact) mass is 439 g/mol. The van der Waals surface area contributed by atoms with Crippen molar-refractivity contribution in [2.24, 2.45) is 5.14 Å². The maximum absolute atomic E-state index is 11.2. The first-order valence-electron chi connectivity index (χ1n) is 3.42. The number of benzene rings is 1. The third-order valence-electron chi connectivity index (χ3n) is 1.52. The Hall–Kier alpha value is 0.390. The second-order valence-electron chi connectivity index (χ2n) is 2.44. The van der Waals surface area contributed by atoms with E-state index in [4.69, 9.17) is 9.88 Å². The van der Waals surface area contributed by atoms with E-state index in [2.05, 4.69) is 22.6 Å². The average Bonchev–Trinajstić information content (AvgIpc) is 2.07. The summed E-state index contributed by atoms with van der Waals surface area (Å²) in [5.74, 6) is 0.306. The van der Waals surface area contributed by atoms with E-state index in [-0.39, 0.29) is 4.90 Å². The number of hydrogen-bond donors (Lipinski definition) is 1. The lowest BCUT2D eigenvalue weighted by Gasteiger charge is -2.09. The fraction of sp³-hybridized carbons (Fsp3) is 0.143. The van der Waals surface area contributed by atoms with Crippen molar-refractivity contribution >= 4 is 55.2 Å². The van der Waals surface area contributed by atoms with Gasteiger partial charge in [0.15, 0.2) is 5.75 Å². The number of halogens is 2. The smallest absolute Gasteiger partial charge is 0.241 e. The molecule has 78 valence electrons. The van der Waals surface area contributed by atoms with Crippen molar-refractivity contribution in [3.8, 4) is 5.75 Å². The zero-order valence-electron chi connectivity index (χ0n) is 7.12. The molecule has 0 aliphatic heterocycles. The molecule has 1 rings (SSSR count). The standard InChI is InChI=1S/C7H7I2NO3S/c1-13-7-5(14(10,11)12)3-2-4(8)6(7)9/h2-3H,1H3,(H2,10,11,12). The summed E-state index contributed by atoms with van der Waals surface area (Å²) < 4.78 is 29.0. The Bertz CT molecular complexity index is 458. The Morgan fingerprint density at radius 2 is 1.93 bits per heavy atom. The minimum atomic E-state index is -3.72. The van der Waals surface area contributed by atoms with Gasteiger partial charge < -0.3 is 4.74 Å². The number of sulfonamides is 1. The minimum absolute atomic E-state index is 0.0183. The van der Waals surface area contributed by atoms with Crippen LogP contribution in [0.3, 0.4) is 0 Å². The van der Waals surface area contributed by atoms with Crippen LogP contribution in [0, 0.1) is 7.14 Å². The SMILES string of the molecule is COc1c(S(N)(=O)=O)ccc(I)c1I. The van der Waals surface area contributed by atoms with Crippen LogP contribution in [0.5, 0.6) is 5.75 Å². The molecule has 4 nitrogen and oxygen atoms in total. The molecule has 0 amide bonds. The molecule has 0 saturated heterocycles. The molecular weight excluding hydrogens is 432 g/mol. The van der Waals surface area contributed by atoms with Gasteiger partial charge in [0.1, 0.15) is 4.90 Å². The Balaban J connectivity index is 3.55. The van der Waals surface area contributed by atoms with Crippen LogP contribution in [0.1, 0.15) is 0 Å². The highest BCUT2D eigenvalue weighted by Crippen LogP contribution is 2.31. The molecule has 14 heavy (non-hydrogen) atoms. The summed E-state index contributed by atoms with van der Waals surface area (Å²) in [6, 6.07) is 3.13. The van der Waals surface area contributed by atoms with E-state index < -0.39 is 10.0 Å². The van der Waals surface area contributed by atoms with Crippen molar-refractivity contribution < 1.29 is 13.2 Å². The van der Waals surface area contributed by atoms with Crippen LogP contribution in [0.25, 0.3) is 0 Å². The van der Waals surface area contributed by atoms with Gasteiger partial charge in [-0.25, -0.2) is 13.6 Å². The maximum atomic E-state index is 11.2. The van der Waals surface area contributed by atoms with Crippen LogP contribution in [0.15, 0.2) is 17.0 Å². The molecule has 0 spiro atoms. The number of nitrogens with two attached hydrogens (primary N) is 1. The Kier molecular flexibility index (Phi) is 4.00. The van der Waals surface area contributed by atoms with E-state index in [0.29, 0.717) is 5.75 Å². The number of hydrogen-bond acceptors (Lipinski definition) is 3. The van der Waals surface area contributed by atoms with Gasteiger partial charge in [0.2, 0.25) is 10.0 Å². The lowest BCUT2D eigenvalue weighted by Crippen LogP contribution is -2.14. The lowest BCUT2D eigenvalue weighted by atomic mass is 10.3. The molecule has 1 aromatic carbocycles. The van der Waals surface area contributed by atoms with Gasteiger partial charge >= 0.3 is 0 Å². The molecule has 0 bridgehead atoms. The van der Waals surface area contributed by atoms with Gasteiger partial charge in [0, 0.05) is 3.57 Å². The molecule has 0 radical (unpaired) electrons. The lowest BCUT2D eigenvalue weighted by molar-refractivity contribution is 0.399. The molecule has 0 aliphatic rings. The third-order valence-corrected chi connectivity index (χ3v) is 5.46. The van der Waals surface area contributed by atoms with Gasteiger partial charge in [-0.05, 0) is 57.3 Å². The second kappa shape index (κ2) is 4.49. The highest BCUT2D eigenvalue weighted by molar-refractivity contribution is 14.1. The van der Waals surface area contributed by atoms with Crippen LogP contribution >= 0.6 is 45.2 Å². The quantitative estimate of drug-likeness (QED) is 0.712. The summed E-state index contributed by atoms with van der Waals surface area (Å²) in [7, 11) is -2.30. The second-order valence-corrected chi connectivity index (χ2v) is 6.21. The highest BCUT2D eigenvalue weighted by Gasteiger charge is 2.18. The minimum Gasteiger partial charge on any atom is -0.494 e. The molecule has 0 unspecified atom stereocenters. The summed E-state index contributed by atoms with van der Waals surface area (Å²) in [5.41, 5.74) is 0. The van der Waals surface area contributed by atoms with Crippen LogP contribution in [-0.4, -0.2) is 15.5 Å². The van der Waals surface area contributed by atoms with Crippen LogP contribution < -0.4 is 9.88 Å². The molecule has 0 fully saturated rings. The Labute approximate surface area is 110 Å². The Morgan fingerprint density at radius 1 is 1.36 bits per heavy atom. The largest absolute Gasteiger partial charge is 0.494 e. The molecule has 0 atom stereocenters. The molecule has 0 heterocycles. The topological polar surface area (TPSA) is 69.4 Å². The first kappa shape index (κ1) is 12.5. The van der Waals surface area contributed by atoms with Crippen molar-refractivity contribution in [1.29, 1.82) is 0 Å². The Morgan fingerprint density at radius 3 is 2.36 bits per heavy atom. The van der Waals surface area contributed by atoms with Gasteiger partial charge in [0.25, 0.3) is 0 Å². The van der Waals surface area contributed by atoms with Crippen LogP contribution in [0.2, 0.25) is 0 Å². The van der Waals surface area contributed by atoms with E-state index in [1.54, 1.807) is 6.07 Å². The van der Waals surface area contributed by atoms with Crippen molar-refractivity contribution in [3.05, 3.63) is 19.3 Å². The summed E-state index contributed by atoms with van der Waals surface area (Å²) >= 11 is 4.11. The van der Waals surface area contributed by atoms with Crippen LogP contribution in [-0.2, 0) is 10.0 Å². The summed E-state index contributed by atoms with van der Waals surface area (Å²) in [6.07, 6.45) is 0. The zero-order chi connectivity index (χ0) is 10.9. The van der Waals surface area contributed by atoms with Gasteiger partial charge in [-0.2, -0.15) is 0 Å². The summed E-state index contributed by atoms with van der Waals surface area (Å²) in [4.78, 5) is 0.0183. The van der Waals surface area contributed by atoms with Crippen molar-refractivity contribution in [2.45, 2.75) is 4.90 Å². The van der Waals surface area contributed by atoms with Crippen LogP contribution in [0.4, 0.5) is 0 Å². The molecule has 7 heteroatoms. The molecule has 1 aromatic rings. The van der Waals surface area contributed by atoms with Gasteiger partial charge in [-0.3, -0.25) is 0 Å². The first-order chi connectivity index (χ1) is 6.38. The van der Waals surface area contributed by atoms with E-state index in [1.807, 2.05) is 22.6 Å². The number of primary sulfonamides is 1. The number of methoxy groups -OCH3 is 1. The van der Waals surface area contributed by atoms with Crippen molar-refractivity contribution in [1.82, 2.24) is 0 Å². The number of ether oxygens (including phenoxy) is 1. The van der Waals surface area contributed by atoms with Crippen molar-refractivity contribution in [3.63, 3.8) is 0 Å². The molecular formula is C7H7I2NO3S. The fourth-order valence-corrected chi connectivity index (χ4v) is 2.93. The van der Waals surface area contributed by atoms with E-state index in [1.165, 1.54) is 13.2 Å². The highest BCUT2D eigenvalue weighted by atomic mass is 127. The maximum Gasteiger partial charge on any atom is 0.241 e. The normalized spacial score (nSPS) is 11.4. The molecule has 2 N–H and O–H groups in total. The molecule has 0 saturated carbocycles. The van der Waals surface area contributed by atoms with E-state index in [0.717, 1.165) is 7.14 Å². The summed E-state index contributed by atoms with van der Waals surface area (Å²) in [5, 5.41) is 5.04. The molecule has 0 aliphatic carbocycles. The zero-order valence-corrected chi connectivity index (χ0v) is 12.3. The summed E-state index contributed by atoms with van der Waals surface area (Å²) in [6.45, 7) is 0. The van der Waals surface area contributed by atoms with E-state index in [9.17, 15) is 8.42 Å². The predicted octanol–water partition coefficient (Wildman–Crippen LogP) is 1.55. The van der Waals surface area contributed by atoms with Gasteiger partial charge in [-0.1, -0.05) is 0 Å². The predicted molar refractivity (Wildman–Crippen MR) is 69.8 cm³/mol. The van der Waals surface area contributed by atoms with Gasteiger partial charge in [-0.15, -0.1) is 0 Å². The van der Waals surface area contributed by atoms with E-state index >= 15 is 0 Å². The van der Waals surface area contributed by atoms with Gasteiger partial charge in [0.05, 0.1) is 10.7 Å². The van der Waals surface area contributed by atoms with Crippen molar-refractivity contribution in [2.75, 3.05) is 7.11 Å². The third kappa shape index (κ3) is 2.49.